The third-order valence-corrected chi connectivity index (χ3v) is 3.64. The number of amides is 1. The number of aromatic nitrogens is 1. The standard InChI is InChI=1S/C13H9Cl3N2O/c1-7-2-3-9(14)12(11(7)16)18-13(19)8-4-5-17-6-10(8)15/h2-6H,1H3,(H,18,19). The fraction of sp³-hybridized carbons (Fsp3) is 0.0769. The quantitative estimate of drug-likeness (QED) is 0.880. The summed E-state index contributed by atoms with van der Waals surface area (Å²) in [5.74, 6) is -0.387. The van der Waals surface area contributed by atoms with E-state index in [1.165, 1.54) is 18.5 Å². The normalized spacial score (nSPS) is 10.3. The van der Waals surface area contributed by atoms with E-state index in [9.17, 15) is 4.79 Å². The largest absolute Gasteiger partial charge is 0.319 e. The maximum atomic E-state index is 12.1. The molecule has 0 aliphatic rings. The molecule has 0 spiro atoms. The van der Waals surface area contributed by atoms with Gasteiger partial charge in [-0.05, 0) is 24.6 Å². The van der Waals surface area contributed by atoms with Crippen LogP contribution >= 0.6 is 34.8 Å². The molecule has 2 aromatic rings. The van der Waals surface area contributed by atoms with Crippen LogP contribution in [-0.4, -0.2) is 10.9 Å². The van der Waals surface area contributed by atoms with Crippen molar-refractivity contribution in [3.8, 4) is 0 Å². The Morgan fingerprint density at radius 1 is 1.16 bits per heavy atom. The van der Waals surface area contributed by atoms with E-state index in [1.807, 2.05) is 6.92 Å². The highest BCUT2D eigenvalue weighted by molar-refractivity contribution is 6.41. The van der Waals surface area contributed by atoms with Crippen molar-refractivity contribution in [2.24, 2.45) is 0 Å². The van der Waals surface area contributed by atoms with Gasteiger partial charge >= 0.3 is 0 Å². The molecule has 1 N–H and O–H groups in total. The third-order valence-electron chi connectivity index (χ3n) is 2.54. The van der Waals surface area contributed by atoms with Crippen LogP contribution in [-0.2, 0) is 0 Å². The maximum Gasteiger partial charge on any atom is 0.257 e. The van der Waals surface area contributed by atoms with Crippen molar-refractivity contribution < 1.29 is 4.79 Å². The SMILES string of the molecule is Cc1ccc(Cl)c(NC(=O)c2ccncc2Cl)c1Cl. The van der Waals surface area contributed by atoms with Crippen molar-refractivity contribution in [3.63, 3.8) is 0 Å². The van der Waals surface area contributed by atoms with Crippen LogP contribution in [0, 0.1) is 6.92 Å². The fourth-order valence-electron chi connectivity index (χ4n) is 1.51. The zero-order chi connectivity index (χ0) is 14.0. The monoisotopic (exact) mass is 314 g/mol. The van der Waals surface area contributed by atoms with Gasteiger partial charge in [0.1, 0.15) is 0 Å². The highest BCUT2D eigenvalue weighted by Gasteiger charge is 2.15. The summed E-state index contributed by atoms with van der Waals surface area (Å²) in [6.45, 7) is 1.83. The number of rotatable bonds is 2. The number of aryl methyl sites for hydroxylation is 1. The zero-order valence-electron chi connectivity index (χ0n) is 9.88. The van der Waals surface area contributed by atoms with Crippen molar-refractivity contribution in [2.45, 2.75) is 6.92 Å². The number of hydrogen-bond donors (Lipinski definition) is 1. The topological polar surface area (TPSA) is 42.0 Å². The van der Waals surface area contributed by atoms with E-state index < -0.39 is 0 Å². The van der Waals surface area contributed by atoms with E-state index in [-0.39, 0.29) is 10.9 Å². The average Bonchev–Trinajstić information content (AvgIpc) is 2.39. The van der Waals surface area contributed by atoms with Crippen LogP contribution in [0.3, 0.4) is 0 Å². The summed E-state index contributed by atoms with van der Waals surface area (Å²) in [7, 11) is 0. The zero-order valence-corrected chi connectivity index (χ0v) is 12.1. The van der Waals surface area contributed by atoms with Gasteiger partial charge in [-0.2, -0.15) is 0 Å². The number of nitrogens with zero attached hydrogens (tertiary/aromatic N) is 1. The summed E-state index contributed by atoms with van der Waals surface area (Å²) in [5, 5.41) is 3.70. The average molecular weight is 316 g/mol. The van der Waals surface area contributed by atoms with Gasteiger partial charge in [0.2, 0.25) is 0 Å². The predicted molar refractivity (Wildman–Crippen MR) is 78.4 cm³/mol. The Labute approximate surface area is 125 Å². The van der Waals surface area contributed by atoms with Crippen molar-refractivity contribution in [1.82, 2.24) is 4.98 Å². The lowest BCUT2D eigenvalue weighted by atomic mass is 10.2. The molecule has 2 rings (SSSR count). The number of halogens is 3. The summed E-state index contributed by atoms with van der Waals surface area (Å²) in [6, 6.07) is 4.97. The first-order valence-electron chi connectivity index (χ1n) is 5.36. The van der Waals surface area contributed by atoms with Gasteiger partial charge in [-0.15, -0.1) is 0 Å². The lowest BCUT2D eigenvalue weighted by molar-refractivity contribution is 0.102. The lowest BCUT2D eigenvalue weighted by Crippen LogP contribution is -2.13. The first-order valence-corrected chi connectivity index (χ1v) is 6.49. The second kappa shape index (κ2) is 5.78. The summed E-state index contributed by atoms with van der Waals surface area (Å²) >= 11 is 18.1. The molecule has 1 aromatic heterocycles. The third kappa shape index (κ3) is 3.00. The number of pyridine rings is 1. The smallest absolute Gasteiger partial charge is 0.257 e. The van der Waals surface area contributed by atoms with Gasteiger partial charge in [-0.25, -0.2) is 0 Å². The Kier molecular flexibility index (Phi) is 4.30. The summed E-state index contributed by atoms with van der Waals surface area (Å²) in [5.41, 5.74) is 1.51. The molecule has 0 atom stereocenters. The number of anilines is 1. The van der Waals surface area contributed by atoms with Crippen LogP contribution < -0.4 is 5.32 Å². The van der Waals surface area contributed by atoms with Gasteiger partial charge < -0.3 is 5.32 Å². The first kappa shape index (κ1) is 14.1. The lowest BCUT2D eigenvalue weighted by Gasteiger charge is -2.11. The minimum Gasteiger partial charge on any atom is -0.319 e. The van der Waals surface area contributed by atoms with Gasteiger partial charge in [0.15, 0.2) is 0 Å². The van der Waals surface area contributed by atoms with Crippen molar-refractivity contribution >= 4 is 46.4 Å². The molecule has 0 unspecified atom stereocenters. The molecular weight excluding hydrogens is 307 g/mol. The molecule has 1 amide bonds. The molecule has 0 aliphatic carbocycles. The molecular formula is C13H9Cl3N2O. The number of hydrogen-bond acceptors (Lipinski definition) is 2. The molecule has 0 radical (unpaired) electrons. The second-order valence-electron chi connectivity index (χ2n) is 3.86. The summed E-state index contributed by atoms with van der Waals surface area (Å²) in [4.78, 5) is 15.9. The van der Waals surface area contributed by atoms with E-state index in [0.717, 1.165) is 5.56 Å². The molecule has 98 valence electrons. The van der Waals surface area contributed by atoms with Crippen molar-refractivity contribution in [2.75, 3.05) is 5.32 Å². The van der Waals surface area contributed by atoms with Gasteiger partial charge in [0.05, 0.1) is 26.3 Å². The first-order chi connectivity index (χ1) is 9.00. The second-order valence-corrected chi connectivity index (χ2v) is 5.06. The molecule has 1 aromatic carbocycles. The predicted octanol–water partition coefficient (Wildman–Crippen LogP) is 4.60. The van der Waals surface area contributed by atoms with E-state index in [0.29, 0.717) is 21.3 Å². The number of nitrogens with one attached hydrogen (secondary N) is 1. The van der Waals surface area contributed by atoms with Crippen LogP contribution in [0.25, 0.3) is 0 Å². The molecule has 0 bridgehead atoms. The van der Waals surface area contributed by atoms with Gasteiger partial charge in [-0.1, -0.05) is 40.9 Å². The van der Waals surface area contributed by atoms with Crippen LogP contribution in [0.1, 0.15) is 15.9 Å². The maximum absolute atomic E-state index is 12.1. The van der Waals surface area contributed by atoms with Crippen LogP contribution in [0.4, 0.5) is 5.69 Å². The van der Waals surface area contributed by atoms with E-state index in [1.54, 1.807) is 12.1 Å². The number of carbonyl (C=O) groups is 1. The Hall–Kier alpha value is -1.29. The molecule has 0 saturated carbocycles. The van der Waals surface area contributed by atoms with Crippen LogP contribution in [0.5, 0.6) is 0 Å². The highest BCUT2D eigenvalue weighted by atomic mass is 35.5. The van der Waals surface area contributed by atoms with Gasteiger partial charge in [0.25, 0.3) is 5.91 Å². The Morgan fingerprint density at radius 2 is 1.89 bits per heavy atom. The number of benzene rings is 1. The summed E-state index contributed by atoms with van der Waals surface area (Å²) < 4.78 is 0. The van der Waals surface area contributed by atoms with E-state index >= 15 is 0 Å². The molecule has 0 saturated heterocycles. The van der Waals surface area contributed by atoms with E-state index in [2.05, 4.69) is 10.3 Å². The molecule has 6 heteroatoms. The van der Waals surface area contributed by atoms with Gasteiger partial charge in [0, 0.05) is 12.4 Å². The van der Waals surface area contributed by atoms with E-state index in [4.69, 9.17) is 34.8 Å². The minimum atomic E-state index is -0.387. The molecule has 3 nitrogen and oxygen atoms in total. The van der Waals surface area contributed by atoms with Crippen molar-refractivity contribution in [1.29, 1.82) is 0 Å². The van der Waals surface area contributed by atoms with Crippen LogP contribution in [0.15, 0.2) is 30.6 Å². The Morgan fingerprint density at radius 3 is 2.58 bits per heavy atom. The van der Waals surface area contributed by atoms with Crippen LogP contribution in [0.2, 0.25) is 15.1 Å². The Bertz CT molecular complexity index is 644. The molecule has 1 heterocycles. The summed E-state index contributed by atoms with van der Waals surface area (Å²) in [6.07, 6.45) is 2.89. The molecule has 0 fully saturated rings. The fourth-order valence-corrected chi connectivity index (χ4v) is 2.18. The molecule has 19 heavy (non-hydrogen) atoms. The Balaban J connectivity index is 2.35. The minimum absolute atomic E-state index is 0.264. The van der Waals surface area contributed by atoms with Gasteiger partial charge in [-0.3, -0.25) is 9.78 Å². The number of carbonyl (C=O) groups excluding carboxylic acids is 1. The highest BCUT2D eigenvalue weighted by Crippen LogP contribution is 2.33. The van der Waals surface area contributed by atoms with Crippen molar-refractivity contribution in [3.05, 3.63) is 56.8 Å². The molecule has 0 aliphatic heterocycles.